The fourth-order valence-electron chi connectivity index (χ4n) is 6.30. The molecule has 16 heteroatoms. The van der Waals surface area contributed by atoms with Gasteiger partial charge in [0.2, 0.25) is 12.6 Å². The Labute approximate surface area is 276 Å². The molecule has 3 aliphatic rings. The van der Waals surface area contributed by atoms with Crippen molar-refractivity contribution in [3.63, 3.8) is 0 Å². The third-order valence-electron chi connectivity index (χ3n) is 9.12. The van der Waals surface area contributed by atoms with Gasteiger partial charge in [-0.2, -0.15) is 0 Å². The third kappa shape index (κ3) is 7.35. The first kappa shape index (κ1) is 36.4. The molecule has 0 unspecified atom stereocenters. The summed E-state index contributed by atoms with van der Waals surface area (Å²) in [5.41, 5.74) is 1.52. The minimum Gasteiger partial charge on any atom is -0.493 e. The predicted molar refractivity (Wildman–Crippen MR) is 161 cm³/mol. The second-order valence-electron chi connectivity index (χ2n) is 12.1. The van der Waals surface area contributed by atoms with E-state index in [0.29, 0.717) is 24.3 Å². The zero-order valence-corrected chi connectivity index (χ0v) is 26.4. The minimum absolute atomic E-state index is 0.113. The summed E-state index contributed by atoms with van der Waals surface area (Å²) in [7, 11) is 2.85. The van der Waals surface area contributed by atoms with E-state index in [9.17, 15) is 46.0 Å². The van der Waals surface area contributed by atoms with Gasteiger partial charge in [-0.1, -0.05) is 12.1 Å². The summed E-state index contributed by atoms with van der Waals surface area (Å²) in [4.78, 5) is 0. The first-order valence-corrected chi connectivity index (χ1v) is 15.6. The molecule has 3 heterocycles. The van der Waals surface area contributed by atoms with E-state index in [4.69, 9.17) is 33.2 Å². The Balaban J connectivity index is 1.26. The van der Waals surface area contributed by atoms with Crippen LogP contribution >= 0.6 is 0 Å². The van der Waals surface area contributed by atoms with Crippen molar-refractivity contribution >= 4 is 0 Å². The molecule has 9 N–H and O–H groups in total. The largest absolute Gasteiger partial charge is 0.493 e. The lowest BCUT2D eigenvalue weighted by molar-refractivity contribution is -0.277. The van der Waals surface area contributed by atoms with Crippen LogP contribution < -0.4 is 18.9 Å². The Bertz CT molecular complexity index is 1340. The van der Waals surface area contributed by atoms with Crippen molar-refractivity contribution in [2.45, 2.75) is 73.9 Å². The Morgan fingerprint density at radius 2 is 1.15 bits per heavy atom. The van der Waals surface area contributed by atoms with Gasteiger partial charge in [-0.25, -0.2) is 0 Å². The number of methoxy groups -OCH3 is 2. The van der Waals surface area contributed by atoms with Crippen LogP contribution in [0.1, 0.15) is 17.2 Å². The number of aliphatic hydroxyl groups is 9. The Hall–Kier alpha value is -2.84. The maximum Gasteiger partial charge on any atom is 0.229 e. The summed E-state index contributed by atoms with van der Waals surface area (Å²) in [6, 6.07) is 10.1. The lowest BCUT2D eigenvalue weighted by Crippen LogP contribution is -2.60. The minimum atomic E-state index is -1.61. The average molecular weight is 685 g/mol. The highest BCUT2D eigenvalue weighted by atomic mass is 16.7. The molecule has 0 radical (unpaired) electrons. The summed E-state index contributed by atoms with van der Waals surface area (Å²) < 4.78 is 39.6. The molecular weight excluding hydrogens is 640 g/mol. The Kier molecular flexibility index (Phi) is 12.0. The first-order chi connectivity index (χ1) is 23.0. The van der Waals surface area contributed by atoms with E-state index in [-0.39, 0.29) is 35.7 Å². The number of benzene rings is 2. The summed E-state index contributed by atoms with van der Waals surface area (Å²) in [5, 5.41) is 90.4. The van der Waals surface area contributed by atoms with Crippen LogP contribution in [0, 0.1) is 11.8 Å². The second-order valence-corrected chi connectivity index (χ2v) is 12.1. The molecule has 0 aromatic heterocycles. The number of rotatable bonds is 12. The standard InChI is InChI=1S/C32H44O16/c1-42-20-8-14(3-5-18(20)45-31-28(40)26(38)24(36)22(11-34)47-31)7-16-13-44-30(17(16)10-33)15-4-6-19(21(9-15)43-2)46-32-29(41)27(39)25(37)23(12-35)48-32/h3-6,8-9,16-17,22-41H,7,10-13H2,1-2H3/t16-,17-,22+,23+,24+,25+,26-,27-,28+,29+,30-,31+,32+/m0/s1. The molecule has 0 saturated carbocycles. The van der Waals surface area contributed by atoms with Gasteiger partial charge in [0.25, 0.3) is 0 Å². The highest BCUT2D eigenvalue weighted by Gasteiger charge is 2.46. The average Bonchev–Trinajstić information content (AvgIpc) is 3.51. The molecule has 0 bridgehead atoms. The van der Waals surface area contributed by atoms with Crippen LogP contribution in [0.3, 0.4) is 0 Å². The number of hydrogen-bond donors (Lipinski definition) is 9. The zero-order chi connectivity index (χ0) is 34.7. The summed E-state index contributed by atoms with van der Waals surface area (Å²) >= 11 is 0. The quantitative estimate of drug-likeness (QED) is 0.113. The molecule has 3 saturated heterocycles. The van der Waals surface area contributed by atoms with E-state index in [1.165, 1.54) is 14.2 Å². The van der Waals surface area contributed by atoms with Crippen LogP contribution in [-0.2, 0) is 20.6 Å². The lowest BCUT2D eigenvalue weighted by Gasteiger charge is -2.39. The van der Waals surface area contributed by atoms with E-state index < -0.39 is 80.7 Å². The van der Waals surface area contributed by atoms with Crippen LogP contribution in [0.2, 0.25) is 0 Å². The van der Waals surface area contributed by atoms with Gasteiger partial charge in [0, 0.05) is 12.5 Å². The molecule has 16 nitrogen and oxygen atoms in total. The predicted octanol–water partition coefficient (Wildman–Crippen LogP) is -2.40. The lowest BCUT2D eigenvalue weighted by atomic mass is 9.84. The van der Waals surface area contributed by atoms with Crippen LogP contribution in [-0.4, -0.2) is 148 Å². The van der Waals surface area contributed by atoms with Gasteiger partial charge in [0.1, 0.15) is 48.8 Å². The topological polar surface area (TPSA) is 247 Å². The smallest absolute Gasteiger partial charge is 0.229 e. The number of ether oxygens (including phenoxy) is 7. The van der Waals surface area contributed by atoms with E-state index in [0.717, 1.165) is 5.56 Å². The summed E-state index contributed by atoms with van der Waals surface area (Å²) in [5.74, 6) is 0.496. The second kappa shape index (κ2) is 15.8. The van der Waals surface area contributed by atoms with Crippen molar-refractivity contribution in [1.82, 2.24) is 0 Å². The van der Waals surface area contributed by atoms with E-state index in [1.807, 2.05) is 0 Å². The van der Waals surface area contributed by atoms with E-state index >= 15 is 0 Å². The van der Waals surface area contributed by atoms with Gasteiger partial charge in [-0.3, -0.25) is 0 Å². The number of aliphatic hydroxyl groups excluding tert-OH is 9. The van der Waals surface area contributed by atoms with Crippen LogP contribution in [0.15, 0.2) is 36.4 Å². The van der Waals surface area contributed by atoms with Crippen molar-refractivity contribution in [1.29, 1.82) is 0 Å². The van der Waals surface area contributed by atoms with Gasteiger partial charge < -0.3 is 79.1 Å². The van der Waals surface area contributed by atoms with Gasteiger partial charge in [-0.15, -0.1) is 0 Å². The molecule has 0 aliphatic carbocycles. The molecule has 13 atom stereocenters. The van der Waals surface area contributed by atoms with E-state index in [1.54, 1.807) is 36.4 Å². The molecule has 5 rings (SSSR count). The molecule has 2 aromatic rings. The number of hydrogen-bond acceptors (Lipinski definition) is 16. The molecule has 3 aliphatic heterocycles. The first-order valence-electron chi connectivity index (χ1n) is 15.6. The van der Waals surface area contributed by atoms with Gasteiger partial charge >= 0.3 is 0 Å². The zero-order valence-electron chi connectivity index (χ0n) is 26.4. The molecular formula is C32H44O16. The molecule has 0 spiro atoms. The highest BCUT2D eigenvalue weighted by molar-refractivity contribution is 5.45. The third-order valence-corrected chi connectivity index (χ3v) is 9.12. The molecule has 2 aromatic carbocycles. The normalized spacial score (nSPS) is 36.9. The van der Waals surface area contributed by atoms with Crippen LogP contribution in [0.5, 0.6) is 23.0 Å². The van der Waals surface area contributed by atoms with Gasteiger partial charge in [-0.05, 0) is 47.7 Å². The van der Waals surface area contributed by atoms with Crippen molar-refractivity contribution < 1.29 is 79.1 Å². The monoisotopic (exact) mass is 684 g/mol. The van der Waals surface area contributed by atoms with E-state index in [2.05, 4.69) is 0 Å². The van der Waals surface area contributed by atoms with Crippen LogP contribution in [0.4, 0.5) is 0 Å². The Morgan fingerprint density at radius 3 is 1.65 bits per heavy atom. The molecule has 268 valence electrons. The summed E-state index contributed by atoms with van der Waals surface area (Å²) in [6.45, 7) is -1.05. The van der Waals surface area contributed by atoms with Gasteiger partial charge in [0.15, 0.2) is 23.0 Å². The van der Waals surface area contributed by atoms with Crippen molar-refractivity contribution in [3.8, 4) is 23.0 Å². The maximum absolute atomic E-state index is 10.4. The van der Waals surface area contributed by atoms with Crippen LogP contribution in [0.25, 0.3) is 0 Å². The maximum atomic E-state index is 10.4. The highest BCUT2D eigenvalue weighted by Crippen LogP contribution is 2.43. The Morgan fingerprint density at radius 1 is 0.625 bits per heavy atom. The fourth-order valence-corrected chi connectivity index (χ4v) is 6.30. The molecule has 3 fully saturated rings. The van der Waals surface area contributed by atoms with Crippen molar-refractivity contribution in [3.05, 3.63) is 47.5 Å². The molecule has 48 heavy (non-hydrogen) atoms. The van der Waals surface area contributed by atoms with Crippen molar-refractivity contribution in [2.24, 2.45) is 11.8 Å². The fraction of sp³-hybridized carbons (Fsp3) is 0.625. The van der Waals surface area contributed by atoms with Crippen molar-refractivity contribution in [2.75, 3.05) is 40.6 Å². The van der Waals surface area contributed by atoms with Gasteiger partial charge in [0.05, 0.1) is 40.1 Å². The summed E-state index contributed by atoms with van der Waals surface area (Å²) in [6.07, 6.45) is -14.5. The molecule has 0 amide bonds. The SMILES string of the molecule is COc1cc(C[C@H]2CO[C@@H](c3ccc(O[C@@H]4O[C@H](CO)[C@@H](O)[C@H](O)[C@H]4O)c(OC)c3)[C@H]2CO)ccc1O[C@@H]1O[C@H](CO)[C@@H](O)[C@H](O)[C@H]1O.